The molecule has 3 N–H and O–H groups in total. The predicted molar refractivity (Wildman–Crippen MR) is 346 cm³/mol. The van der Waals surface area contributed by atoms with Gasteiger partial charge in [0.15, 0.2) is 0 Å². The maximum Gasteiger partial charge on any atom is 0.220 e. The highest BCUT2D eigenvalue weighted by Gasteiger charge is 2.20. The summed E-state index contributed by atoms with van der Waals surface area (Å²) in [6.45, 7) is 4.41. The Labute approximate surface area is 486 Å². The van der Waals surface area contributed by atoms with E-state index in [0.29, 0.717) is 12.8 Å². The van der Waals surface area contributed by atoms with Gasteiger partial charge in [-0.2, -0.15) is 0 Å². The number of hydrogen-bond donors (Lipinski definition) is 3. The molecule has 0 saturated carbocycles. The van der Waals surface area contributed by atoms with E-state index in [1.807, 2.05) is 0 Å². The number of nitrogens with one attached hydrogen (secondary N) is 1. The summed E-state index contributed by atoms with van der Waals surface area (Å²) in [7, 11) is 0. The van der Waals surface area contributed by atoms with Crippen molar-refractivity contribution in [2.75, 3.05) is 6.61 Å². The van der Waals surface area contributed by atoms with Gasteiger partial charge in [-0.1, -0.05) is 398 Å². The zero-order valence-corrected chi connectivity index (χ0v) is 53.3. The van der Waals surface area contributed by atoms with Crippen LogP contribution in [0, 0.1) is 0 Å². The molecule has 0 radical (unpaired) electrons. The van der Waals surface area contributed by atoms with Crippen LogP contribution in [-0.4, -0.2) is 34.9 Å². The number of hydrogen-bond acceptors (Lipinski definition) is 3. The van der Waals surface area contributed by atoms with Gasteiger partial charge in [-0.05, 0) is 38.5 Å². The Bertz CT molecular complexity index is 1090. The summed E-state index contributed by atoms with van der Waals surface area (Å²) in [6, 6.07) is -0.534. The first kappa shape index (κ1) is 76.1. The molecular weight excluding hydrogens is 939 g/mol. The second kappa shape index (κ2) is 69.4. The van der Waals surface area contributed by atoms with E-state index in [1.165, 1.54) is 379 Å². The van der Waals surface area contributed by atoms with Gasteiger partial charge < -0.3 is 15.5 Å². The molecule has 0 aromatic heterocycles. The number of amides is 1. The smallest absolute Gasteiger partial charge is 0.220 e. The van der Waals surface area contributed by atoms with E-state index in [2.05, 4.69) is 31.3 Å². The fourth-order valence-corrected chi connectivity index (χ4v) is 12.0. The highest BCUT2D eigenvalue weighted by molar-refractivity contribution is 5.76. The fourth-order valence-electron chi connectivity index (χ4n) is 12.0. The minimum atomic E-state index is -0.657. The molecule has 4 nitrogen and oxygen atoms in total. The number of unbranched alkanes of at least 4 members (excludes halogenated alkanes) is 60. The molecule has 0 heterocycles. The lowest BCUT2D eigenvalue weighted by atomic mass is 10.0. The van der Waals surface area contributed by atoms with Crippen LogP contribution in [0.4, 0.5) is 0 Å². The molecular formula is C73H145NO3. The largest absolute Gasteiger partial charge is 0.394 e. The molecule has 2 unspecified atom stereocenters. The Morgan fingerprint density at radius 3 is 0.714 bits per heavy atom. The van der Waals surface area contributed by atoms with Gasteiger partial charge in [-0.25, -0.2) is 0 Å². The topological polar surface area (TPSA) is 69.6 Å². The maximum absolute atomic E-state index is 12.6. The van der Waals surface area contributed by atoms with Gasteiger partial charge in [-0.3, -0.25) is 4.79 Å². The normalized spacial score (nSPS) is 12.6. The molecule has 4 heteroatoms. The molecule has 0 rings (SSSR count). The molecule has 0 aromatic carbocycles. The van der Waals surface area contributed by atoms with Gasteiger partial charge in [0, 0.05) is 6.42 Å². The van der Waals surface area contributed by atoms with Crippen LogP contribution in [0.5, 0.6) is 0 Å². The van der Waals surface area contributed by atoms with Crippen molar-refractivity contribution >= 4 is 5.91 Å². The van der Waals surface area contributed by atoms with Gasteiger partial charge >= 0.3 is 0 Å². The van der Waals surface area contributed by atoms with Crippen molar-refractivity contribution < 1.29 is 15.0 Å². The summed E-state index contributed by atoms with van der Waals surface area (Å²) in [5, 5.41) is 23.5. The van der Waals surface area contributed by atoms with Gasteiger partial charge in [0.25, 0.3) is 0 Å². The first-order valence-electron chi connectivity index (χ1n) is 36.4. The van der Waals surface area contributed by atoms with E-state index < -0.39 is 12.1 Å². The zero-order chi connectivity index (χ0) is 55.5. The molecule has 0 fully saturated rings. The second-order valence-corrected chi connectivity index (χ2v) is 25.4. The van der Waals surface area contributed by atoms with Crippen molar-refractivity contribution in [2.45, 2.75) is 443 Å². The highest BCUT2D eigenvalue weighted by Crippen LogP contribution is 2.20. The fraction of sp³-hybridized carbons (Fsp3) is 0.959. The number of rotatable bonds is 69. The molecule has 1 amide bonds. The Kier molecular flexibility index (Phi) is 68.6. The van der Waals surface area contributed by atoms with Crippen molar-refractivity contribution in [3.05, 3.63) is 12.2 Å². The molecule has 0 aliphatic rings. The summed E-state index contributed by atoms with van der Waals surface area (Å²) >= 11 is 0. The SMILES string of the molecule is CCCCCCCCCC/C=C\CCCCCCCCCCCCCCCCCCCCCCCCCCCCCC(=O)NC(CO)C(O)CCCCCCCCCCCCCCCCCCCCCCCCCCCC. The minimum absolute atomic E-state index is 0.0198. The number of aliphatic hydroxyl groups excluding tert-OH is 2. The van der Waals surface area contributed by atoms with Crippen LogP contribution in [0.2, 0.25) is 0 Å². The van der Waals surface area contributed by atoms with E-state index in [-0.39, 0.29) is 12.5 Å². The highest BCUT2D eigenvalue weighted by atomic mass is 16.3. The molecule has 0 bridgehead atoms. The van der Waals surface area contributed by atoms with Gasteiger partial charge in [-0.15, -0.1) is 0 Å². The number of carbonyl (C=O) groups is 1. The monoisotopic (exact) mass is 1080 g/mol. The summed E-state index contributed by atoms with van der Waals surface area (Å²) in [5.41, 5.74) is 0. The Morgan fingerprint density at radius 2 is 0.494 bits per heavy atom. The molecule has 0 aromatic rings. The number of allylic oxidation sites excluding steroid dienone is 2. The number of aliphatic hydroxyl groups is 2. The lowest BCUT2D eigenvalue weighted by Crippen LogP contribution is -2.45. The van der Waals surface area contributed by atoms with Crippen molar-refractivity contribution in [3.63, 3.8) is 0 Å². The maximum atomic E-state index is 12.6. The van der Waals surface area contributed by atoms with E-state index in [4.69, 9.17) is 0 Å². The van der Waals surface area contributed by atoms with Crippen molar-refractivity contribution in [2.24, 2.45) is 0 Å². The predicted octanol–water partition coefficient (Wildman–Crippen LogP) is 24.8. The second-order valence-electron chi connectivity index (χ2n) is 25.4. The van der Waals surface area contributed by atoms with Crippen LogP contribution in [0.1, 0.15) is 431 Å². The lowest BCUT2D eigenvalue weighted by Gasteiger charge is -2.22. The third-order valence-electron chi connectivity index (χ3n) is 17.5. The van der Waals surface area contributed by atoms with E-state index in [0.717, 1.165) is 25.7 Å². The number of carbonyl (C=O) groups excluding carboxylic acids is 1. The first-order chi connectivity index (χ1) is 38.2. The van der Waals surface area contributed by atoms with Crippen LogP contribution in [-0.2, 0) is 4.79 Å². The summed E-state index contributed by atoms with van der Waals surface area (Å²) in [6.07, 6.45) is 92.9. The van der Waals surface area contributed by atoms with Crippen LogP contribution in [0.25, 0.3) is 0 Å². The van der Waals surface area contributed by atoms with Crippen molar-refractivity contribution in [1.82, 2.24) is 5.32 Å². The Hall–Kier alpha value is -0.870. The average molecular weight is 1080 g/mol. The lowest BCUT2D eigenvalue weighted by molar-refractivity contribution is -0.123. The zero-order valence-electron chi connectivity index (χ0n) is 53.3. The summed E-state index contributed by atoms with van der Waals surface area (Å²) < 4.78 is 0. The first-order valence-corrected chi connectivity index (χ1v) is 36.4. The minimum Gasteiger partial charge on any atom is -0.394 e. The van der Waals surface area contributed by atoms with Crippen LogP contribution < -0.4 is 5.32 Å². The molecule has 0 aliphatic heterocycles. The van der Waals surface area contributed by atoms with Gasteiger partial charge in [0.1, 0.15) is 0 Å². The molecule has 0 saturated heterocycles. The van der Waals surface area contributed by atoms with Gasteiger partial charge in [0.05, 0.1) is 18.8 Å². The summed E-state index contributed by atoms with van der Waals surface area (Å²) in [4.78, 5) is 12.6. The average Bonchev–Trinajstić information content (AvgIpc) is 3.43. The van der Waals surface area contributed by atoms with Crippen molar-refractivity contribution in [1.29, 1.82) is 0 Å². The van der Waals surface area contributed by atoms with E-state index >= 15 is 0 Å². The molecule has 0 aliphatic carbocycles. The third kappa shape index (κ3) is 65.8. The quantitative estimate of drug-likeness (QED) is 0.0420. The Balaban J connectivity index is 3.35. The third-order valence-corrected chi connectivity index (χ3v) is 17.5. The van der Waals surface area contributed by atoms with Crippen molar-refractivity contribution in [3.8, 4) is 0 Å². The van der Waals surface area contributed by atoms with Crippen LogP contribution in [0.3, 0.4) is 0 Å². The molecule has 77 heavy (non-hydrogen) atoms. The van der Waals surface area contributed by atoms with Crippen LogP contribution in [0.15, 0.2) is 12.2 Å². The summed E-state index contributed by atoms with van der Waals surface area (Å²) in [5.74, 6) is -0.0198. The molecule has 460 valence electrons. The van der Waals surface area contributed by atoms with E-state index in [1.54, 1.807) is 0 Å². The molecule has 0 spiro atoms. The van der Waals surface area contributed by atoms with Gasteiger partial charge in [0.2, 0.25) is 5.91 Å². The Morgan fingerprint density at radius 1 is 0.299 bits per heavy atom. The standard InChI is InChI=1S/C73H145NO3/c1-3-5-7-9-11-13-15-17-19-21-23-25-27-29-31-32-33-34-35-36-37-38-39-40-41-42-43-45-47-49-51-53-55-57-59-61-63-65-67-69-73(77)74-71(70-75)72(76)68-66-64-62-60-58-56-54-52-50-48-46-44-30-28-26-24-22-20-18-16-14-12-10-8-6-4-2/h21,23,71-72,75-76H,3-20,22,24-70H2,1-2H3,(H,74,77)/b23-21-. The molecule has 2 atom stereocenters. The van der Waals surface area contributed by atoms with E-state index in [9.17, 15) is 15.0 Å². The van der Waals surface area contributed by atoms with Crippen LogP contribution >= 0.6 is 0 Å².